The number of anilines is 1. The average molecular weight is 298 g/mol. The van der Waals surface area contributed by atoms with Gasteiger partial charge in [-0.3, -0.25) is 9.48 Å². The lowest BCUT2D eigenvalue weighted by molar-refractivity contribution is -0.115. The lowest BCUT2D eigenvalue weighted by Gasteiger charge is -2.06. The van der Waals surface area contributed by atoms with Crippen molar-refractivity contribution in [2.24, 2.45) is 0 Å². The monoisotopic (exact) mass is 298 g/mol. The van der Waals surface area contributed by atoms with E-state index in [9.17, 15) is 4.79 Å². The zero-order valence-electron chi connectivity index (χ0n) is 13.0. The molecule has 0 radical (unpaired) electrons. The van der Waals surface area contributed by atoms with Crippen molar-refractivity contribution in [3.8, 4) is 6.07 Å². The second kappa shape index (κ2) is 8.18. The zero-order chi connectivity index (χ0) is 15.8. The number of nitriles is 1. The Balaban J connectivity index is 2.02. The van der Waals surface area contributed by atoms with Crippen LogP contribution in [0.15, 0.2) is 24.4 Å². The number of rotatable bonds is 8. The highest BCUT2D eigenvalue weighted by molar-refractivity contribution is 5.94. The molecule has 0 spiro atoms. The number of fused-ring (bicyclic) bond motifs is 1. The summed E-state index contributed by atoms with van der Waals surface area (Å²) in [5, 5.41) is 16.7. The largest absolute Gasteiger partial charge is 0.325 e. The predicted octanol–water partition coefficient (Wildman–Crippen LogP) is 3.86. The molecule has 0 aliphatic heterocycles. The summed E-state index contributed by atoms with van der Waals surface area (Å²) in [7, 11) is 0. The number of carbonyl (C=O) groups is 1. The van der Waals surface area contributed by atoms with Gasteiger partial charge in [-0.15, -0.1) is 0 Å². The highest BCUT2D eigenvalue weighted by atomic mass is 16.1. The average Bonchev–Trinajstić information content (AvgIpc) is 2.90. The van der Waals surface area contributed by atoms with Crippen LogP contribution in [-0.4, -0.2) is 15.7 Å². The van der Waals surface area contributed by atoms with Crippen LogP contribution < -0.4 is 5.32 Å². The quantitative estimate of drug-likeness (QED) is 0.752. The molecule has 0 atom stereocenters. The summed E-state index contributed by atoms with van der Waals surface area (Å²) < 4.78 is 1.99. The lowest BCUT2D eigenvalue weighted by Crippen LogP contribution is -2.10. The van der Waals surface area contributed by atoms with Crippen LogP contribution in [0.5, 0.6) is 0 Å². The molecule has 22 heavy (non-hydrogen) atoms. The van der Waals surface area contributed by atoms with Crippen LogP contribution in [0.25, 0.3) is 10.9 Å². The standard InChI is InChI=1S/C17H22N4O/c1-2-3-4-5-6-11-21-16-12-15(20-17(22)9-10-18)8-7-14(16)13-19-21/h7-8,12-13H,2-6,9,11H2,1H3,(H,20,22). The van der Waals surface area contributed by atoms with Crippen LogP contribution in [0.3, 0.4) is 0 Å². The molecule has 0 saturated carbocycles. The van der Waals surface area contributed by atoms with Crippen LogP contribution in [0.4, 0.5) is 5.69 Å². The molecule has 1 aromatic heterocycles. The molecule has 2 aromatic rings. The Morgan fingerprint density at radius 1 is 1.32 bits per heavy atom. The summed E-state index contributed by atoms with van der Waals surface area (Å²) in [4.78, 5) is 11.5. The van der Waals surface area contributed by atoms with Gasteiger partial charge in [0, 0.05) is 17.6 Å². The van der Waals surface area contributed by atoms with Gasteiger partial charge in [0.1, 0.15) is 6.42 Å². The van der Waals surface area contributed by atoms with E-state index in [4.69, 9.17) is 5.26 Å². The molecular weight excluding hydrogens is 276 g/mol. The minimum Gasteiger partial charge on any atom is -0.325 e. The third-order valence-electron chi connectivity index (χ3n) is 3.64. The number of carbonyl (C=O) groups excluding carboxylic acids is 1. The molecular formula is C17H22N4O. The lowest BCUT2D eigenvalue weighted by atomic mass is 10.1. The highest BCUT2D eigenvalue weighted by Crippen LogP contribution is 2.20. The van der Waals surface area contributed by atoms with E-state index in [0.29, 0.717) is 5.69 Å². The van der Waals surface area contributed by atoms with Crippen molar-refractivity contribution in [3.05, 3.63) is 24.4 Å². The molecule has 0 aliphatic rings. The predicted molar refractivity (Wildman–Crippen MR) is 87.4 cm³/mol. The summed E-state index contributed by atoms with van der Waals surface area (Å²) >= 11 is 0. The van der Waals surface area contributed by atoms with Gasteiger partial charge in [-0.2, -0.15) is 10.4 Å². The second-order valence-corrected chi connectivity index (χ2v) is 5.44. The first-order valence-corrected chi connectivity index (χ1v) is 7.87. The first kappa shape index (κ1) is 16.0. The van der Waals surface area contributed by atoms with E-state index in [1.54, 1.807) is 0 Å². The highest BCUT2D eigenvalue weighted by Gasteiger charge is 2.06. The van der Waals surface area contributed by atoms with Crippen molar-refractivity contribution >= 4 is 22.5 Å². The maximum absolute atomic E-state index is 11.5. The minimum atomic E-state index is -0.285. The number of benzene rings is 1. The van der Waals surface area contributed by atoms with Gasteiger partial charge < -0.3 is 5.32 Å². The van der Waals surface area contributed by atoms with Crippen molar-refractivity contribution in [2.75, 3.05) is 5.32 Å². The van der Waals surface area contributed by atoms with Crippen molar-refractivity contribution < 1.29 is 4.79 Å². The van der Waals surface area contributed by atoms with E-state index < -0.39 is 0 Å². The van der Waals surface area contributed by atoms with Crippen molar-refractivity contribution in [2.45, 2.75) is 52.0 Å². The molecule has 5 nitrogen and oxygen atoms in total. The normalized spacial score (nSPS) is 10.5. The summed E-state index contributed by atoms with van der Waals surface area (Å²) in [5.74, 6) is -0.285. The summed E-state index contributed by atoms with van der Waals surface area (Å²) in [6.45, 7) is 3.10. The molecule has 116 valence electrons. The minimum absolute atomic E-state index is 0.130. The third kappa shape index (κ3) is 4.32. The van der Waals surface area contributed by atoms with E-state index in [1.165, 1.54) is 25.7 Å². The number of amides is 1. The van der Waals surface area contributed by atoms with E-state index in [2.05, 4.69) is 17.3 Å². The molecule has 1 amide bonds. The second-order valence-electron chi connectivity index (χ2n) is 5.44. The third-order valence-corrected chi connectivity index (χ3v) is 3.64. The summed E-state index contributed by atoms with van der Waals surface area (Å²) in [5.41, 5.74) is 1.73. The smallest absolute Gasteiger partial charge is 0.238 e. The van der Waals surface area contributed by atoms with E-state index >= 15 is 0 Å². The van der Waals surface area contributed by atoms with Gasteiger partial charge in [-0.25, -0.2) is 0 Å². The Morgan fingerprint density at radius 3 is 2.91 bits per heavy atom. The molecule has 0 bridgehead atoms. The van der Waals surface area contributed by atoms with Crippen molar-refractivity contribution in [1.29, 1.82) is 5.26 Å². The molecule has 2 rings (SSSR count). The fourth-order valence-corrected chi connectivity index (χ4v) is 2.47. The Hall–Kier alpha value is -2.35. The van der Waals surface area contributed by atoms with Gasteiger partial charge in [-0.1, -0.05) is 32.6 Å². The number of nitrogens with zero attached hydrogens (tertiary/aromatic N) is 3. The zero-order valence-corrected chi connectivity index (χ0v) is 13.0. The number of aryl methyl sites for hydroxylation is 1. The first-order chi connectivity index (χ1) is 10.7. The fraction of sp³-hybridized carbons (Fsp3) is 0.471. The molecule has 0 saturated heterocycles. The van der Waals surface area contributed by atoms with Gasteiger partial charge in [0.05, 0.1) is 17.8 Å². The topological polar surface area (TPSA) is 70.7 Å². The Labute approximate surface area is 130 Å². The summed E-state index contributed by atoms with van der Waals surface area (Å²) in [6.07, 6.45) is 7.85. The van der Waals surface area contributed by atoms with E-state index in [-0.39, 0.29) is 12.3 Å². The molecule has 0 fully saturated rings. The van der Waals surface area contributed by atoms with Gasteiger partial charge in [0.25, 0.3) is 0 Å². The Morgan fingerprint density at radius 2 is 2.14 bits per heavy atom. The van der Waals surface area contributed by atoms with Gasteiger partial charge in [0.15, 0.2) is 0 Å². The summed E-state index contributed by atoms with van der Waals surface area (Å²) in [6, 6.07) is 7.55. The van der Waals surface area contributed by atoms with E-state index in [1.807, 2.05) is 35.1 Å². The molecule has 1 aromatic carbocycles. The fourth-order valence-electron chi connectivity index (χ4n) is 2.47. The van der Waals surface area contributed by atoms with Crippen molar-refractivity contribution in [1.82, 2.24) is 9.78 Å². The Kier molecular flexibility index (Phi) is 5.96. The van der Waals surface area contributed by atoms with Crippen LogP contribution >= 0.6 is 0 Å². The van der Waals surface area contributed by atoms with Gasteiger partial charge in [0.2, 0.25) is 5.91 Å². The maximum Gasteiger partial charge on any atom is 0.238 e. The molecule has 1 heterocycles. The van der Waals surface area contributed by atoms with Gasteiger partial charge in [-0.05, 0) is 24.6 Å². The number of aromatic nitrogens is 2. The molecule has 0 aliphatic carbocycles. The number of hydrogen-bond donors (Lipinski definition) is 1. The molecule has 1 N–H and O–H groups in total. The Bertz CT molecular complexity index is 669. The number of hydrogen-bond acceptors (Lipinski definition) is 3. The molecule has 0 unspecified atom stereocenters. The number of unbranched alkanes of at least 4 members (excludes halogenated alkanes) is 4. The first-order valence-electron chi connectivity index (χ1n) is 7.87. The SMILES string of the molecule is CCCCCCCn1ncc2ccc(NC(=O)CC#N)cc21. The number of nitrogens with one attached hydrogen (secondary N) is 1. The van der Waals surface area contributed by atoms with Crippen molar-refractivity contribution in [3.63, 3.8) is 0 Å². The van der Waals surface area contributed by atoms with E-state index in [0.717, 1.165) is 23.9 Å². The van der Waals surface area contributed by atoms with Crippen LogP contribution in [0, 0.1) is 11.3 Å². The van der Waals surface area contributed by atoms with Crippen LogP contribution in [0.1, 0.15) is 45.4 Å². The van der Waals surface area contributed by atoms with Gasteiger partial charge >= 0.3 is 0 Å². The van der Waals surface area contributed by atoms with Crippen LogP contribution in [-0.2, 0) is 11.3 Å². The maximum atomic E-state index is 11.5. The van der Waals surface area contributed by atoms with Crippen LogP contribution in [0.2, 0.25) is 0 Å². The molecule has 5 heteroatoms.